The van der Waals surface area contributed by atoms with E-state index in [0.29, 0.717) is 18.3 Å². The van der Waals surface area contributed by atoms with Crippen molar-refractivity contribution in [3.63, 3.8) is 0 Å². The van der Waals surface area contributed by atoms with Crippen LogP contribution < -0.4 is 10.1 Å². The highest BCUT2D eigenvalue weighted by Gasteiger charge is 2.03. The van der Waals surface area contributed by atoms with Crippen molar-refractivity contribution in [3.8, 4) is 5.75 Å². The lowest BCUT2D eigenvalue weighted by molar-refractivity contribution is 0.388. The van der Waals surface area contributed by atoms with Crippen LogP contribution in [0.5, 0.6) is 5.75 Å². The van der Waals surface area contributed by atoms with E-state index in [-0.39, 0.29) is 0 Å². The number of hydrogen-bond acceptors (Lipinski definition) is 5. The topological polar surface area (TPSA) is 60.2 Å². The molecule has 1 aromatic heterocycles. The quantitative estimate of drug-likeness (QED) is 0.940. The molecule has 0 fully saturated rings. The van der Waals surface area contributed by atoms with Crippen LogP contribution in [0, 0.1) is 6.92 Å². The summed E-state index contributed by atoms with van der Waals surface area (Å²) in [4.78, 5) is 4.11. The SMILES string of the molecule is COc1cc(Br)cc(NCc2noc(C)n2)c1. The Morgan fingerprint density at radius 2 is 2.24 bits per heavy atom. The van der Waals surface area contributed by atoms with Gasteiger partial charge in [-0.1, -0.05) is 21.1 Å². The third-order valence-electron chi connectivity index (χ3n) is 2.13. The Bertz CT molecular complexity index is 513. The van der Waals surface area contributed by atoms with E-state index in [1.807, 2.05) is 18.2 Å². The zero-order valence-corrected chi connectivity index (χ0v) is 11.1. The molecule has 6 heteroatoms. The standard InChI is InChI=1S/C11H12BrN3O2/c1-7-14-11(15-17-7)6-13-9-3-8(12)4-10(5-9)16-2/h3-5,13H,6H2,1-2H3. The Balaban J connectivity index is 2.05. The van der Waals surface area contributed by atoms with Crippen molar-refractivity contribution in [3.05, 3.63) is 34.4 Å². The predicted octanol–water partition coefficient (Wildman–Crippen LogP) is 2.76. The average Bonchev–Trinajstić information content (AvgIpc) is 2.72. The summed E-state index contributed by atoms with van der Waals surface area (Å²) in [6, 6.07) is 5.75. The van der Waals surface area contributed by atoms with Gasteiger partial charge < -0.3 is 14.6 Å². The molecule has 90 valence electrons. The number of nitrogens with one attached hydrogen (secondary N) is 1. The van der Waals surface area contributed by atoms with Gasteiger partial charge >= 0.3 is 0 Å². The number of halogens is 1. The Labute approximate surface area is 107 Å². The molecule has 0 amide bonds. The first-order chi connectivity index (χ1) is 8.17. The van der Waals surface area contributed by atoms with Gasteiger partial charge in [-0.05, 0) is 12.1 Å². The molecule has 0 unspecified atom stereocenters. The number of benzene rings is 1. The molecular weight excluding hydrogens is 286 g/mol. The summed E-state index contributed by atoms with van der Waals surface area (Å²) in [6.45, 7) is 2.27. The summed E-state index contributed by atoms with van der Waals surface area (Å²) in [5.74, 6) is 1.97. The van der Waals surface area contributed by atoms with Gasteiger partial charge in [-0.15, -0.1) is 0 Å². The van der Waals surface area contributed by atoms with E-state index < -0.39 is 0 Å². The third-order valence-corrected chi connectivity index (χ3v) is 2.59. The molecule has 0 aliphatic carbocycles. The van der Waals surface area contributed by atoms with Crippen molar-refractivity contribution >= 4 is 21.6 Å². The van der Waals surface area contributed by atoms with E-state index in [0.717, 1.165) is 15.9 Å². The lowest BCUT2D eigenvalue weighted by Crippen LogP contribution is -2.01. The van der Waals surface area contributed by atoms with Gasteiger partial charge in [-0.25, -0.2) is 0 Å². The molecule has 2 aromatic rings. The number of hydrogen-bond donors (Lipinski definition) is 1. The first-order valence-electron chi connectivity index (χ1n) is 5.05. The molecule has 1 heterocycles. The first-order valence-corrected chi connectivity index (χ1v) is 5.84. The van der Waals surface area contributed by atoms with E-state index in [2.05, 4.69) is 31.4 Å². The highest BCUT2D eigenvalue weighted by atomic mass is 79.9. The Kier molecular flexibility index (Phi) is 3.63. The maximum absolute atomic E-state index is 5.17. The fraction of sp³-hybridized carbons (Fsp3) is 0.273. The van der Waals surface area contributed by atoms with Gasteiger partial charge in [0.1, 0.15) is 5.75 Å². The Morgan fingerprint density at radius 1 is 1.41 bits per heavy atom. The number of aromatic nitrogens is 2. The van der Waals surface area contributed by atoms with Gasteiger partial charge in [-0.3, -0.25) is 0 Å². The number of nitrogens with zero attached hydrogens (tertiary/aromatic N) is 2. The van der Waals surface area contributed by atoms with Crippen LogP contribution in [0.2, 0.25) is 0 Å². The minimum atomic E-state index is 0.511. The molecular formula is C11H12BrN3O2. The largest absolute Gasteiger partial charge is 0.497 e. The van der Waals surface area contributed by atoms with Crippen molar-refractivity contribution in [2.24, 2.45) is 0 Å². The van der Waals surface area contributed by atoms with Gasteiger partial charge in [0.05, 0.1) is 13.7 Å². The van der Waals surface area contributed by atoms with Crippen LogP contribution in [0.15, 0.2) is 27.2 Å². The number of anilines is 1. The monoisotopic (exact) mass is 297 g/mol. The minimum absolute atomic E-state index is 0.511. The van der Waals surface area contributed by atoms with Gasteiger partial charge in [0, 0.05) is 23.2 Å². The van der Waals surface area contributed by atoms with E-state index in [1.165, 1.54) is 0 Å². The van der Waals surface area contributed by atoms with Crippen LogP contribution in [-0.2, 0) is 6.54 Å². The number of rotatable bonds is 4. The molecule has 0 saturated carbocycles. The summed E-state index contributed by atoms with van der Waals surface area (Å²) in [5.41, 5.74) is 0.929. The third kappa shape index (κ3) is 3.20. The summed E-state index contributed by atoms with van der Waals surface area (Å²) in [5, 5.41) is 7.00. The molecule has 5 nitrogen and oxygen atoms in total. The number of ether oxygens (including phenoxy) is 1. The summed E-state index contributed by atoms with van der Waals surface area (Å²) < 4.78 is 11.0. The van der Waals surface area contributed by atoms with Crippen molar-refractivity contribution in [2.75, 3.05) is 12.4 Å². The zero-order chi connectivity index (χ0) is 12.3. The van der Waals surface area contributed by atoms with Crippen LogP contribution in [0.3, 0.4) is 0 Å². The lowest BCUT2D eigenvalue weighted by atomic mass is 10.3. The molecule has 0 aliphatic heterocycles. The van der Waals surface area contributed by atoms with E-state index in [4.69, 9.17) is 9.26 Å². The van der Waals surface area contributed by atoms with E-state index >= 15 is 0 Å². The summed E-state index contributed by atoms with van der Waals surface area (Å²) in [6.07, 6.45) is 0. The molecule has 0 aliphatic rings. The molecule has 17 heavy (non-hydrogen) atoms. The number of methoxy groups -OCH3 is 1. The van der Waals surface area contributed by atoms with Crippen LogP contribution in [0.1, 0.15) is 11.7 Å². The van der Waals surface area contributed by atoms with Crippen molar-refractivity contribution < 1.29 is 9.26 Å². The van der Waals surface area contributed by atoms with Gasteiger partial charge in [0.15, 0.2) is 5.82 Å². The second-order valence-corrected chi connectivity index (χ2v) is 4.38. The van der Waals surface area contributed by atoms with E-state index in [9.17, 15) is 0 Å². The summed E-state index contributed by atoms with van der Waals surface area (Å²) in [7, 11) is 1.63. The second-order valence-electron chi connectivity index (χ2n) is 3.46. The van der Waals surface area contributed by atoms with Crippen molar-refractivity contribution in [2.45, 2.75) is 13.5 Å². The molecule has 1 aromatic carbocycles. The van der Waals surface area contributed by atoms with Crippen molar-refractivity contribution in [1.82, 2.24) is 10.1 Å². The molecule has 0 atom stereocenters. The molecule has 0 spiro atoms. The van der Waals surface area contributed by atoms with Gasteiger partial charge in [0.25, 0.3) is 0 Å². The Morgan fingerprint density at radius 3 is 2.88 bits per heavy atom. The predicted molar refractivity (Wildman–Crippen MR) is 67.1 cm³/mol. The van der Waals surface area contributed by atoms with Crippen LogP contribution in [0.25, 0.3) is 0 Å². The molecule has 1 N–H and O–H groups in total. The summed E-state index contributed by atoms with van der Waals surface area (Å²) >= 11 is 3.41. The number of aryl methyl sites for hydroxylation is 1. The normalized spacial score (nSPS) is 10.3. The molecule has 2 rings (SSSR count). The van der Waals surface area contributed by atoms with Crippen LogP contribution >= 0.6 is 15.9 Å². The zero-order valence-electron chi connectivity index (χ0n) is 9.53. The van der Waals surface area contributed by atoms with E-state index in [1.54, 1.807) is 14.0 Å². The smallest absolute Gasteiger partial charge is 0.223 e. The van der Waals surface area contributed by atoms with Crippen LogP contribution in [0.4, 0.5) is 5.69 Å². The van der Waals surface area contributed by atoms with Crippen molar-refractivity contribution in [1.29, 1.82) is 0 Å². The van der Waals surface area contributed by atoms with Gasteiger partial charge in [0.2, 0.25) is 5.89 Å². The molecule has 0 bridgehead atoms. The van der Waals surface area contributed by atoms with Crippen LogP contribution in [-0.4, -0.2) is 17.3 Å². The fourth-order valence-electron chi connectivity index (χ4n) is 1.38. The highest BCUT2D eigenvalue weighted by Crippen LogP contribution is 2.24. The molecule has 0 radical (unpaired) electrons. The first kappa shape index (κ1) is 11.9. The minimum Gasteiger partial charge on any atom is -0.497 e. The van der Waals surface area contributed by atoms with Gasteiger partial charge in [-0.2, -0.15) is 4.98 Å². The maximum Gasteiger partial charge on any atom is 0.223 e. The second kappa shape index (κ2) is 5.18. The Hall–Kier alpha value is -1.56. The lowest BCUT2D eigenvalue weighted by Gasteiger charge is -2.07. The molecule has 0 saturated heterocycles. The highest BCUT2D eigenvalue weighted by molar-refractivity contribution is 9.10. The average molecular weight is 298 g/mol. The maximum atomic E-state index is 5.17. The fourth-order valence-corrected chi connectivity index (χ4v) is 1.85.